The highest BCUT2D eigenvalue weighted by molar-refractivity contribution is 5.92. The summed E-state index contributed by atoms with van der Waals surface area (Å²) in [6.07, 6.45) is -7.73. The molecule has 2 heterocycles. The number of aromatic hydroxyl groups is 2. The van der Waals surface area contributed by atoms with E-state index in [4.69, 9.17) is 9.47 Å². The van der Waals surface area contributed by atoms with E-state index >= 15 is 0 Å². The lowest BCUT2D eigenvalue weighted by Crippen LogP contribution is -2.53. The molecule has 0 aliphatic carbocycles. The van der Waals surface area contributed by atoms with Gasteiger partial charge in [0.1, 0.15) is 30.2 Å². The average Bonchev–Trinajstić information content (AvgIpc) is 2.71. The number of hydrogen-bond donors (Lipinski definition) is 7. The van der Waals surface area contributed by atoms with Crippen LogP contribution in [0, 0.1) is 0 Å². The van der Waals surface area contributed by atoms with Crippen LogP contribution < -0.4 is 4.74 Å². The zero-order chi connectivity index (χ0) is 20.9. The van der Waals surface area contributed by atoms with E-state index in [1.807, 2.05) is 0 Å². The Morgan fingerprint density at radius 1 is 0.862 bits per heavy atom. The van der Waals surface area contributed by atoms with Crippen LogP contribution in [0.5, 0.6) is 17.2 Å². The first-order valence-electron chi connectivity index (χ1n) is 8.89. The molecule has 9 heteroatoms. The molecule has 0 saturated carbocycles. The summed E-state index contributed by atoms with van der Waals surface area (Å²) < 4.78 is 10.7. The summed E-state index contributed by atoms with van der Waals surface area (Å²) in [5.41, 5.74) is 0.465. The van der Waals surface area contributed by atoms with Gasteiger partial charge in [-0.2, -0.15) is 0 Å². The predicted molar refractivity (Wildman–Crippen MR) is 99.2 cm³/mol. The van der Waals surface area contributed by atoms with Crippen LogP contribution in [0.1, 0.15) is 5.56 Å². The van der Waals surface area contributed by atoms with Gasteiger partial charge >= 0.3 is 0 Å². The smallest absolute Gasteiger partial charge is 0.256 e. The van der Waals surface area contributed by atoms with Crippen LogP contribution in [0.3, 0.4) is 0 Å². The van der Waals surface area contributed by atoms with E-state index in [1.165, 1.54) is 0 Å². The molecule has 7 N–H and O–H groups in total. The highest BCUT2D eigenvalue weighted by atomic mass is 16.6. The second-order valence-electron chi connectivity index (χ2n) is 6.93. The first kappa shape index (κ1) is 19.5. The summed E-state index contributed by atoms with van der Waals surface area (Å²) in [5, 5.41) is 71.7. The summed E-state index contributed by atoms with van der Waals surface area (Å²) in [4.78, 5) is 0. The Kier molecular flexibility index (Phi) is 4.85. The molecule has 2 aliphatic heterocycles. The number of rotatable bonds is 2. The molecule has 0 spiro atoms. The molecule has 2 aliphatic rings. The molecule has 2 aromatic rings. The van der Waals surface area contributed by atoms with Crippen molar-refractivity contribution >= 4 is 5.57 Å². The third kappa shape index (κ3) is 3.09. The van der Waals surface area contributed by atoms with E-state index in [-0.39, 0.29) is 29.1 Å². The maximum atomic E-state index is 10.6. The van der Waals surface area contributed by atoms with Crippen LogP contribution in [0.25, 0.3) is 16.7 Å². The fourth-order valence-electron chi connectivity index (χ4n) is 3.67. The molecule has 29 heavy (non-hydrogen) atoms. The monoisotopic (exact) mass is 404 g/mol. The van der Waals surface area contributed by atoms with Crippen LogP contribution >= 0.6 is 0 Å². The Labute approximate surface area is 164 Å². The zero-order valence-corrected chi connectivity index (χ0v) is 15.0. The van der Waals surface area contributed by atoms with Crippen molar-refractivity contribution in [2.75, 3.05) is 6.61 Å². The van der Waals surface area contributed by atoms with Gasteiger partial charge in [-0.1, -0.05) is 30.3 Å². The molecule has 4 rings (SSSR count). The number of aliphatic hydroxyl groups excluding tert-OH is 5. The summed E-state index contributed by atoms with van der Waals surface area (Å²) in [5.74, 6) is -1.79. The Balaban J connectivity index is 1.98. The van der Waals surface area contributed by atoms with Crippen molar-refractivity contribution in [3.8, 4) is 28.4 Å². The highest BCUT2D eigenvalue weighted by Gasteiger charge is 2.45. The van der Waals surface area contributed by atoms with Crippen LogP contribution in [0.15, 0.2) is 42.2 Å². The standard InChI is InChI=1S/C20H20O9/c21-9-6-11-13(12(15(9)23)8-4-2-1-3-5-8)14(17(25)20(27)29-11)19-18(26)16(24)10(22)7-28-19/h1-6,10,16,18-27H,7H2/t10-,16-,18+,19?,20?/m1/s1. The third-order valence-corrected chi connectivity index (χ3v) is 5.11. The molecular formula is C20H20O9. The molecule has 9 nitrogen and oxygen atoms in total. The number of phenols is 2. The van der Waals surface area contributed by atoms with Crippen molar-refractivity contribution in [3.63, 3.8) is 0 Å². The summed E-state index contributed by atoms with van der Waals surface area (Å²) in [6.45, 7) is -0.337. The molecule has 0 aromatic heterocycles. The van der Waals surface area contributed by atoms with Gasteiger partial charge < -0.3 is 45.2 Å². The fourth-order valence-corrected chi connectivity index (χ4v) is 3.67. The van der Waals surface area contributed by atoms with Gasteiger partial charge in [-0.15, -0.1) is 0 Å². The molecule has 2 unspecified atom stereocenters. The van der Waals surface area contributed by atoms with E-state index in [1.54, 1.807) is 30.3 Å². The molecule has 154 valence electrons. The van der Waals surface area contributed by atoms with Crippen LogP contribution in [-0.4, -0.2) is 73.1 Å². The minimum atomic E-state index is -1.83. The maximum absolute atomic E-state index is 10.6. The minimum Gasteiger partial charge on any atom is -0.506 e. The van der Waals surface area contributed by atoms with Crippen molar-refractivity contribution in [2.45, 2.75) is 30.7 Å². The number of phenolic OH excluding ortho intramolecular Hbond substituents is 2. The second kappa shape index (κ2) is 7.21. The normalized spacial score (nSPS) is 29.3. The average molecular weight is 404 g/mol. The number of hydrogen-bond acceptors (Lipinski definition) is 9. The van der Waals surface area contributed by atoms with Gasteiger partial charge in [0.05, 0.1) is 6.61 Å². The summed E-state index contributed by atoms with van der Waals surface area (Å²) in [7, 11) is 0. The molecule has 2 aromatic carbocycles. The predicted octanol–water partition coefficient (Wildman–Crippen LogP) is 0.226. The highest BCUT2D eigenvalue weighted by Crippen LogP contribution is 2.51. The quantitative estimate of drug-likeness (QED) is 0.348. The molecular weight excluding hydrogens is 384 g/mol. The van der Waals surface area contributed by atoms with E-state index in [0.717, 1.165) is 6.07 Å². The summed E-state index contributed by atoms with van der Waals surface area (Å²) in [6, 6.07) is 9.48. The number of fused-ring (bicyclic) bond motifs is 1. The van der Waals surface area contributed by atoms with E-state index in [9.17, 15) is 35.7 Å². The van der Waals surface area contributed by atoms with Gasteiger partial charge in [0.15, 0.2) is 17.3 Å². The van der Waals surface area contributed by atoms with Crippen LogP contribution in [0.2, 0.25) is 0 Å². The first-order chi connectivity index (χ1) is 13.8. The van der Waals surface area contributed by atoms with Crippen molar-refractivity contribution in [3.05, 3.63) is 47.7 Å². The lowest BCUT2D eigenvalue weighted by molar-refractivity contribution is -0.171. The second-order valence-corrected chi connectivity index (χ2v) is 6.93. The van der Waals surface area contributed by atoms with Crippen molar-refractivity contribution < 1.29 is 45.2 Å². The topological polar surface area (TPSA) is 160 Å². The van der Waals surface area contributed by atoms with Crippen molar-refractivity contribution in [1.82, 2.24) is 0 Å². The molecule has 5 atom stereocenters. The number of ether oxygens (including phenoxy) is 2. The third-order valence-electron chi connectivity index (χ3n) is 5.11. The SMILES string of the molecule is OC1=C(C2OC[C@@H](O)[C@@H](O)[C@@H]2O)c2c(cc(O)c(O)c2-c2ccccc2)OC1O. The largest absolute Gasteiger partial charge is 0.506 e. The van der Waals surface area contributed by atoms with Gasteiger partial charge in [-0.25, -0.2) is 0 Å². The van der Waals surface area contributed by atoms with Crippen molar-refractivity contribution in [1.29, 1.82) is 0 Å². The zero-order valence-electron chi connectivity index (χ0n) is 15.0. The Hall–Kier alpha value is -2.82. The van der Waals surface area contributed by atoms with E-state index in [0.29, 0.717) is 5.56 Å². The van der Waals surface area contributed by atoms with Crippen LogP contribution in [0.4, 0.5) is 0 Å². The Bertz CT molecular complexity index is 956. The summed E-state index contributed by atoms with van der Waals surface area (Å²) >= 11 is 0. The first-order valence-corrected chi connectivity index (χ1v) is 8.89. The number of aliphatic hydroxyl groups is 5. The fraction of sp³-hybridized carbons (Fsp3) is 0.300. The van der Waals surface area contributed by atoms with Gasteiger partial charge in [-0.05, 0) is 5.56 Å². The Morgan fingerprint density at radius 3 is 2.24 bits per heavy atom. The Morgan fingerprint density at radius 2 is 1.55 bits per heavy atom. The molecule has 1 fully saturated rings. The van der Waals surface area contributed by atoms with Gasteiger partial charge in [0.25, 0.3) is 6.29 Å². The van der Waals surface area contributed by atoms with Crippen LogP contribution in [-0.2, 0) is 4.74 Å². The molecule has 0 bridgehead atoms. The van der Waals surface area contributed by atoms with E-state index < -0.39 is 48.0 Å². The van der Waals surface area contributed by atoms with E-state index in [2.05, 4.69) is 0 Å². The lowest BCUT2D eigenvalue weighted by Gasteiger charge is -2.39. The number of benzene rings is 2. The van der Waals surface area contributed by atoms with Crippen molar-refractivity contribution in [2.24, 2.45) is 0 Å². The van der Waals surface area contributed by atoms with Gasteiger partial charge in [0.2, 0.25) is 0 Å². The van der Waals surface area contributed by atoms with Gasteiger partial charge in [0, 0.05) is 22.8 Å². The minimum absolute atomic E-state index is 0.0712. The molecule has 1 saturated heterocycles. The lowest BCUT2D eigenvalue weighted by atomic mass is 9.83. The molecule has 0 amide bonds. The van der Waals surface area contributed by atoms with Gasteiger partial charge in [-0.3, -0.25) is 0 Å². The maximum Gasteiger partial charge on any atom is 0.256 e. The molecule has 0 radical (unpaired) electrons.